The van der Waals surface area contributed by atoms with E-state index in [1.165, 1.54) is 49.5 Å². The zero-order valence-electron chi connectivity index (χ0n) is 18.6. The SMILES string of the molecule is CCCCCCCCSc1ccc(Nc2nc(-c3cnc(OC)nc3)cs2)cc1C(F)(F)F. The maximum Gasteiger partial charge on any atom is 0.417 e. The summed E-state index contributed by atoms with van der Waals surface area (Å²) in [4.78, 5) is 12.8. The minimum Gasteiger partial charge on any atom is -0.467 e. The van der Waals surface area contributed by atoms with Crippen LogP contribution < -0.4 is 10.1 Å². The third-order valence-corrected chi connectivity index (χ3v) is 6.82. The molecule has 33 heavy (non-hydrogen) atoms. The van der Waals surface area contributed by atoms with Gasteiger partial charge in [0.2, 0.25) is 0 Å². The first kappa shape index (κ1) is 25.3. The van der Waals surface area contributed by atoms with Gasteiger partial charge < -0.3 is 10.1 Å². The van der Waals surface area contributed by atoms with Crippen LogP contribution in [-0.2, 0) is 6.18 Å². The first-order chi connectivity index (χ1) is 15.9. The number of thioether (sulfide) groups is 1. The largest absolute Gasteiger partial charge is 0.467 e. The predicted octanol–water partition coefficient (Wildman–Crippen LogP) is 7.82. The summed E-state index contributed by atoms with van der Waals surface area (Å²) in [5.74, 6) is 0.682. The summed E-state index contributed by atoms with van der Waals surface area (Å²) >= 11 is 2.57. The van der Waals surface area contributed by atoms with Gasteiger partial charge in [-0.05, 0) is 30.4 Å². The van der Waals surface area contributed by atoms with Gasteiger partial charge in [-0.1, -0.05) is 39.0 Å². The molecule has 178 valence electrons. The van der Waals surface area contributed by atoms with Gasteiger partial charge in [0.25, 0.3) is 0 Å². The van der Waals surface area contributed by atoms with Gasteiger partial charge >= 0.3 is 12.2 Å². The Balaban J connectivity index is 1.64. The van der Waals surface area contributed by atoms with Crippen molar-refractivity contribution in [3.8, 4) is 17.3 Å². The van der Waals surface area contributed by atoms with E-state index in [1.807, 2.05) is 0 Å². The number of benzene rings is 1. The molecule has 0 aliphatic carbocycles. The summed E-state index contributed by atoms with van der Waals surface area (Å²) in [6.45, 7) is 2.16. The Morgan fingerprint density at radius 2 is 1.79 bits per heavy atom. The molecule has 2 aromatic heterocycles. The fraction of sp³-hybridized carbons (Fsp3) is 0.435. The maximum atomic E-state index is 13.7. The van der Waals surface area contributed by atoms with Crippen LogP contribution >= 0.6 is 23.1 Å². The molecule has 0 aliphatic rings. The van der Waals surface area contributed by atoms with E-state index in [-0.39, 0.29) is 10.9 Å². The van der Waals surface area contributed by atoms with Crippen LogP contribution in [-0.4, -0.2) is 27.8 Å². The summed E-state index contributed by atoms with van der Waals surface area (Å²) in [5, 5.41) is 5.27. The Kier molecular flexibility index (Phi) is 9.37. The molecule has 0 aliphatic heterocycles. The molecule has 0 saturated heterocycles. The third-order valence-electron chi connectivity index (χ3n) is 4.90. The molecular weight excluding hydrogens is 469 g/mol. The summed E-state index contributed by atoms with van der Waals surface area (Å²) in [6, 6.07) is 4.61. The van der Waals surface area contributed by atoms with Gasteiger partial charge in [-0.2, -0.15) is 13.2 Å². The van der Waals surface area contributed by atoms with Crippen LogP contribution in [0, 0.1) is 0 Å². The van der Waals surface area contributed by atoms with Gasteiger partial charge in [-0.25, -0.2) is 15.0 Å². The molecular formula is C23H27F3N4OS2. The van der Waals surface area contributed by atoms with Crippen LogP contribution in [0.4, 0.5) is 24.0 Å². The minimum absolute atomic E-state index is 0.251. The molecule has 0 amide bonds. The number of thiazole rings is 1. The molecule has 0 atom stereocenters. The van der Waals surface area contributed by atoms with Crippen LogP contribution in [0.2, 0.25) is 0 Å². The number of methoxy groups -OCH3 is 1. The first-order valence-corrected chi connectivity index (χ1v) is 12.7. The third kappa shape index (κ3) is 7.60. The van der Waals surface area contributed by atoms with E-state index in [4.69, 9.17) is 4.74 Å². The highest BCUT2D eigenvalue weighted by Gasteiger charge is 2.33. The van der Waals surface area contributed by atoms with Crippen LogP contribution in [0.1, 0.15) is 51.0 Å². The van der Waals surface area contributed by atoms with Crippen molar-refractivity contribution in [3.63, 3.8) is 0 Å². The van der Waals surface area contributed by atoms with Crippen LogP contribution in [0.3, 0.4) is 0 Å². The molecule has 0 saturated carbocycles. The van der Waals surface area contributed by atoms with Crippen molar-refractivity contribution in [2.75, 3.05) is 18.2 Å². The van der Waals surface area contributed by atoms with Crippen molar-refractivity contribution < 1.29 is 17.9 Å². The minimum atomic E-state index is -4.42. The predicted molar refractivity (Wildman–Crippen MR) is 129 cm³/mol. The number of ether oxygens (including phenoxy) is 1. The van der Waals surface area contributed by atoms with Crippen molar-refractivity contribution in [2.45, 2.75) is 56.5 Å². The second kappa shape index (κ2) is 12.2. The zero-order chi connectivity index (χ0) is 23.7. The molecule has 1 N–H and O–H groups in total. The number of aromatic nitrogens is 3. The number of hydrogen-bond acceptors (Lipinski definition) is 7. The van der Waals surface area contributed by atoms with Crippen molar-refractivity contribution in [2.24, 2.45) is 0 Å². The molecule has 1 aromatic carbocycles. The van der Waals surface area contributed by atoms with Gasteiger partial charge in [0.1, 0.15) is 0 Å². The fourth-order valence-electron chi connectivity index (χ4n) is 3.16. The molecule has 3 aromatic rings. The Bertz CT molecular complexity index is 1010. The highest BCUT2D eigenvalue weighted by Crippen LogP contribution is 2.39. The summed E-state index contributed by atoms with van der Waals surface area (Å²) in [5.41, 5.74) is 1.05. The molecule has 5 nitrogen and oxygen atoms in total. The summed E-state index contributed by atoms with van der Waals surface area (Å²) in [7, 11) is 1.48. The molecule has 0 fully saturated rings. The lowest BCUT2D eigenvalue weighted by molar-refractivity contribution is -0.139. The van der Waals surface area contributed by atoms with E-state index in [0.717, 1.165) is 25.3 Å². The van der Waals surface area contributed by atoms with Crippen molar-refractivity contribution in [1.82, 2.24) is 15.0 Å². The average Bonchev–Trinajstić information content (AvgIpc) is 3.27. The van der Waals surface area contributed by atoms with Crippen molar-refractivity contribution in [3.05, 3.63) is 41.5 Å². The molecule has 0 unspecified atom stereocenters. The molecule has 10 heteroatoms. The smallest absolute Gasteiger partial charge is 0.417 e. The van der Waals surface area contributed by atoms with Gasteiger partial charge in [-0.15, -0.1) is 23.1 Å². The van der Waals surface area contributed by atoms with Crippen molar-refractivity contribution in [1.29, 1.82) is 0 Å². The average molecular weight is 497 g/mol. The van der Waals surface area contributed by atoms with Gasteiger partial charge in [-0.3, -0.25) is 0 Å². The first-order valence-electron chi connectivity index (χ1n) is 10.8. The normalized spacial score (nSPS) is 11.5. The number of nitrogens with one attached hydrogen (secondary N) is 1. The Labute approximate surface area is 200 Å². The van der Waals surface area contributed by atoms with E-state index in [0.29, 0.717) is 27.8 Å². The number of unbranched alkanes of at least 4 members (excludes halogenated alkanes) is 5. The van der Waals surface area contributed by atoms with Crippen LogP contribution in [0.15, 0.2) is 40.9 Å². The number of halogens is 3. The van der Waals surface area contributed by atoms with E-state index < -0.39 is 11.7 Å². The maximum absolute atomic E-state index is 13.7. The topological polar surface area (TPSA) is 59.9 Å². The van der Waals surface area contributed by atoms with Gasteiger partial charge in [0, 0.05) is 33.9 Å². The Morgan fingerprint density at radius 1 is 1.06 bits per heavy atom. The number of alkyl halides is 3. The van der Waals surface area contributed by atoms with E-state index in [1.54, 1.807) is 29.9 Å². The highest BCUT2D eigenvalue weighted by molar-refractivity contribution is 7.99. The van der Waals surface area contributed by atoms with Crippen LogP contribution in [0.25, 0.3) is 11.3 Å². The number of nitrogens with zero attached hydrogens (tertiary/aromatic N) is 3. The van der Waals surface area contributed by atoms with E-state index in [2.05, 4.69) is 27.2 Å². The number of rotatable bonds is 12. The molecule has 0 radical (unpaired) electrons. The lowest BCUT2D eigenvalue weighted by atomic mass is 10.1. The number of hydrogen-bond donors (Lipinski definition) is 1. The quantitative estimate of drug-likeness (QED) is 0.204. The van der Waals surface area contributed by atoms with Gasteiger partial charge in [0.15, 0.2) is 5.13 Å². The second-order valence-electron chi connectivity index (χ2n) is 7.45. The second-order valence-corrected chi connectivity index (χ2v) is 9.44. The molecule has 0 bridgehead atoms. The van der Waals surface area contributed by atoms with Gasteiger partial charge in [0.05, 0.1) is 18.4 Å². The fourth-order valence-corrected chi connectivity index (χ4v) is 4.96. The summed E-state index contributed by atoms with van der Waals surface area (Å²) < 4.78 is 46.0. The highest BCUT2D eigenvalue weighted by atomic mass is 32.2. The van der Waals surface area contributed by atoms with E-state index >= 15 is 0 Å². The zero-order valence-corrected chi connectivity index (χ0v) is 20.2. The van der Waals surface area contributed by atoms with Crippen LogP contribution in [0.5, 0.6) is 6.01 Å². The molecule has 0 spiro atoms. The lowest BCUT2D eigenvalue weighted by Crippen LogP contribution is -2.08. The number of anilines is 2. The monoisotopic (exact) mass is 496 g/mol. The lowest BCUT2D eigenvalue weighted by Gasteiger charge is -2.14. The van der Waals surface area contributed by atoms with Crippen molar-refractivity contribution >= 4 is 33.9 Å². The molecule has 2 heterocycles. The summed E-state index contributed by atoms with van der Waals surface area (Å²) in [6.07, 6.45) is 5.46. The molecule has 3 rings (SSSR count). The van der Waals surface area contributed by atoms with E-state index in [9.17, 15) is 13.2 Å². The Hall–Kier alpha value is -2.33. The standard InChI is InChI=1S/C23H27F3N4OS2/c1-3-4-5-6-7-8-11-32-20-10-9-17(12-18(20)23(24,25)26)29-22-30-19(15-33-22)16-13-27-21(31-2)28-14-16/h9-10,12-15H,3-8,11H2,1-2H3,(H,29,30). The Morgan fingerprint density at radius 3 is 2.48 bits per heavy atom.